The maximum Gasteiger partial charge on any atom is 0.254 e. The minimum atomic E-state index is -0.161. The van der Waals surface area contributed by atoms with E-state index in [0.717, 1.165) is 29.8 Å². The zero-order valence-corrected chi connectivity index (χ0v) is 14.3. The van der Waals surface area contributed by atoms with E-state index in [1.807, 2.05) is 49.1 Å². The second-order valence-corrected chi connectivity index (χ2v) is 6.48. The van der Waals surface area contributed by atoms with E-state index in [0.29, 0.717) is 25.2 Å². The van der Waals surface area contributed by atoms with E-state index in [1.54, 1.807) is 6.07 Å². The summed E-state index contributed by atoms with van der Waals surface area (Å²) in [5.41, 5.74) is 3.62. The van der Waals surface area contributed by atoms with E-state index in [1.165, 1.54) is 6.07 Å². The molecule has 24 heavy (non-hydrogen) atoms. The van der Waals surface area contributed by atoms with E-state index in [9.17, 15) is 9.18 Å². The van der Waals surface area contributed by atoms with Gasteiger partial charge < -0.3 is 4.90 Å². The van der Waals surface area contributed by atoms with Gasteiger partial charge in [-0.05, 0) is 31.5 Å². The molecule has 0 saturated carbocycles. The number of amides is 1. The van der Waals surface area contributed by atoms with Crippen LogP contribution in [0.3, 0.4) is 0 Å². The maximum atomic E-state index is 13.8. The number of hydrogen-bond donors (Lipinski definition) is 0. The number of hydrogen-bond acceptors (Lipinski definition) is 2. The third-order valence-corrected chi connectivity index (χ3v) is 4.63. The number of halogens is 1. The Hall–Kier alpha value is -2.20. The van der Waals surface area contributed by atoms with Crippen LogP contribution >= 0.6 is 0 Å². The molecule has 4 heteroatoms. The number of piperazine rings is 1. The summed E-state index contributed by atoms with van der Waals surface area (Å²) < 4.78 is 13.8. The molecular formula is C20H23FN2O. The first-order valence-corrected chi connectivity index (χ1v) is 8.37. The van der Waals surface area contributed by atoms with Crippen LogP contribution in [0.25, 0.3) is 0 Å². The highest BCUT2D eigenvalue weighted by molar-refractivity contribution is 5.95. The zero-order chi connectivity index (χ0) is 17.1. The van der Waals surface area contributed by atoms with E-state index in [4.69, 9.17) is 0 Å². The first kappa shape index (κ1) is 16.7. The molecule has 3 rings (SSSR count). The Kier molecular flexibility index (Phi) is 4.95. The molecular weight excluding hydrogens is 303 g/mol. The molecule has 2 aromatic carbocycles. The van der Waals surface area contributed by atoms with Gasteiger partial charge in [-0.25, -0.2) is 4.39 Å². The molecule has 2 aromatic rings. The molecule has 1 aliphatic rings. The fraction of sp³-hybridized carbons (Fsp3) is 0.350. The molecule has 1 fully saturated rings. The zero-order valence-electron chi connectivity index (χ0n) is 14.3. The molecule has 0 aromatic heterocycles. The van der Waals surface area contributed by atoms with Crippen molar-refractivity contribution in [1.82, 2.24) is 9.80 Å². The number of aryl methyl sites for hydroxylation is 2. The molecule has 0 bridgehead atoms. The smallest absolute Gasteiger partial charge is 0.254 e. The number of benzene rings is 2. The van der Waals surface area contributed by atoms with Gasteiger partial charge >= 0.3 is 0 Å². The topological polar surface area (TPSA) is 23.6 Å². The van der Waals surface area contributed by atoms with Crippen LogP contribution in [0, 0.1) is 19.7 Å². The Morgan fingerprint density at radius 3 is 2.46 bits per heavy atom. The predicted octanol–water partition coefficient (Wildman–Crippen LogP) is 3.40. The summed E-state index contributed by atoms with van der Waals surface area (Å²) in [5.74, 6) is -0.0619. The average Bonchev–Trinajstić information content (AvgIpc) is 2.59. The Morgan fingerprint density at radius 2 is 1.75 bits per heavy atom. The lowest BCUT2D eigenvalue weighted by atomic mass is 10.0. The van der Waals surface area contributed by atoms with Crippen molar-refractivity contribution in [1.29, 1.82) is 0 Å². The molecule has 126 valence electrons. The van der Waals surface area contributed by atoms with Crippen molar-refractivity contribution in [3.05, 3.63) is 70.5 Å². The minimum Gasteiger partial charge on any atom is -0.336 e. The summed E-state index contributed by atoms with van der Waals surface area (Å²) >= 11 is 0. The van der Waals surface area contributed by atoms with Crippen LogP contribution < -0.4 is 0 Å². The van der Waals surface area contributed by atoms with E-state index in [2.05, 4.69) is 4.90 Å². The van der Waals surface area contributed by atoms with Crippen LogP contribution in [0.15, 0.2) is 42.5 Å². The second kappa shape index (κ2) is 7.14. The van der Waals surface area contributed by atoms with Crippen molar-refractivity contribution < 1.29 is 9.18 Å². The lowest BCUT2D eigenvalue weighted by Gasteiger charge is -2.35. The lowest BCUT2D eigenvalue weighted by Crippen LogP contribution is -2.48. The Balaban J connectivity index is 1.61. The number of nitrogens with zero attached hydrogens (tertiary/aromatic N) is 2. The standard InChI is InChI=1S/C20H23FN2O/c1-15-7-8-16(2)18(13-15)20(24)23-11-9-22(10-12-23)14-17-5-3-4-6-19(17)21/h3-8,13H,9-12,14H2,1-2H3. The lowest BCUT2D eigenvalue weighted by molar-refractivity contribution is 0.0626. The molecule has 0 radical (unpaired) electrons. The Morgan fingerprint density at radius 1 is 1.04 bits per heavy atom. The van der Waals surface area contributed by atoms with Gasteiger partial charge in [0.25, 0.3) is 5.91 Å². The number of rotatable bonds is 3. The summed E-state index contributed by atoms with van der Waals surface area (Å²) in [7, 11) is 0. The van der Waals surface area contributed by atoms with Gasteiger partial charge in [0.1, 0.15) is 5.82 Å². The fourth-order valence-corrected chi connectivity index (χ4v) is 3.11. The molecule has 0 aliphatic carbocycles. The van der Waals surface area contributed by atoms with E-state index >= 15 is 0 Å². The molecule has 0 unspecified atom stereocenters. The van der Waals surface area contributed by atoms with Crippen molar-refractivity contribution in [2.24, 2.45) is 0 Å². The molecule has 0 spiro atoms. The molecule has 0 atom stereocenters. The van der Waals surface area contributed by atoms with Crippen LogP contribution in [0.2, 0.25) is 0 Å². The third kappa shape index (κ3) is 3.65. The van der Waals surface area contributed by atoms with Gasteiger partial charge in [0.05, 0.1) is 0 Å². The van der Waals surface area contributed by atoms with Gasteiger partial charge in [0.15, 0.2) is 0 Å². The maximum absolute atomic E-state index is 13.8. The normalized spacial score (nSPS) is 15.5. The largest absolute Gasteiger partial charge is 0.336 e. The fourth-order valence-electron chi connectivity index (χ4n) is 3.11. The van der Waals surface area contributed by atoms with Crippen molar-refractivity contribution >= 4 is 5.91 Å². The summed E-state index contributed by atoms with van der Waals surface area (Å²) in [6, 6.07) is 12.9. The van der Waals surface area contributed by atoms with Crippen LogP contribution in [0.1, 0.15) is 27.0 Å². The quantitative estimate of drug-likeness (QED) is 0.863. The average molecular weight is 326 g/mol. The van der Waals surface area contributed by atoms with Crippen molar-refractivity contribution in [2.75, 3.05) is 26.2 Å². The van der Waals surface area contributed by atoms with Crippen LogP contribution in [0.5, 0.6) is 0 Å². The highest BCUT2D eigenvalue weighted by atomic mass is 19.1. The summed E-state index contributed by atoms with van der Waals surface area (Å²) in [4.78, 5) is 16.8. The van der Waals surface area contributed by atoms with Gasteiger partial charge in [-0.3, -0.25) is 9.69 Å². The second-order valence-electron chi connectivity index (χ2n) is 6.48. The first-order chi connectivity index (χ1) is 11.5. The van der Waals surface area contributed by atoms with Crippen molar-refractivity contribution in [3.63, 3.8) is 0 Å². The Labute approximate surface area is 142 Å². The molecule has 1 heterocycles. The highest BCUT2D eigenvalue weighted by Crippen LogP contribution is 2.16. The van der Waals surface area contributed by atoms with E-state index < -0.39 is 0 Å². The van der Waals surface area contributed by atoms with Crippen molar-refractivity contribution in [2.45, 2.75) is 20.4 Å². The number of carbonyl (C=O) groups is 1. The van der Waals surface area contributed by atoms with Gasteiger partial charge in [0, 0.05) is 43.9 Å². The van der Waals surface area contributed by atoms with Crippen LogP contribution in [-0.4, -0.2) is 41.9 Å². The van der Waals surface area contributed by atoms with E-state index in [-0.39, 0.29) is 11.7 Å². The monoisotopic (exact) mass is 326 g/mol. The molecule has 3 nitrogen and oxygen atoms in total. The first-order valence-electron chi connectivity index (χ1n) is 8.37. The van der Waals surface area contributed by atoms with Crippen molar-refractivity contribution in [3.8, 4) is 0 Å². The Bertz CT molecular complexity index is 736. The van der Waals surface area contributed by atoms with Crippen LogP contribution in [0.4, 0.5) is 4.39 Å². The van der Waals surface area contributed by atoms with Gasteiger partial charge in [0.2, 0.25) is 0 Å². The van der Waals surface area contributed by atoms with Gasteiger partial charge in [-0.15, -0.1) is 0 Å². The third-order valence-electron chi connectivity index (χ3n) is 4.63. The molecule has 1 saturated heterocycles. The summed E-state index contributed by atoms with van der Waals surface area (Å²) in [5, 5.41) is 0. The molecule has 1 amide bonds. The summed E-state index contributed by atoms with van der Waals surface area (Å²) in [6.45, 7) is 7.47. The highest BCUT2D eigenvalue weighted by Gasteiger charge is 2.23. The van der Waals surface area contributed by atoms with Gasteiger partial charge in [-0.1, -0.05) is 35.9 Å². The predicted molar refractivity (Wildman–Crippen MR) is 93.5 cm³/mol. The van der Waals surface area contributed by atoms with Gasteiger partial charge in [-0.2, -0.15) is 0 Å². The molecule has 1 aliphatic heterocycles. The molecule has 0 N–H and O–H groups in total. The summed E-state index contributed by atoms with van der Waals surface area (Å²) in [6.07, 6.45) is 0. The SMILES string of the molecule is Cc1ccc(C)c(C(=O)N2CCN(Cc3ccccc3F)CC2)c1. The number of carbonyl (C=O) groups excluding carboxylic acids is 1. The van der Waals surface area contributed by atoms with Crippen LogP contribution in [-0.2, 0) is 6.54 Å². The minimum absolute atomic E-state index is 0.0988.